The highest BCUT2D eigenvalue weighted by Crippen LogP contribution is 2.29. The third-order valence-electron chi connectivity index (χ3n) is 3.93. The summed E-state index contributed by atoms with van der Waals surface area (Å²) in [4.78, 5) is -0.0229. The zero-order valence-corrected chi connectivity index (χ0v) is 15.6. The normalized spacial score (nSPS) is 14.1. The van der Waals surface area contributed by atoms with Gasteiger partial charge in [-0.25, -0.2) is 17.5 Å². The summed E-state index contributed by atoms with van der Waals surface area (Å²) in [6.45, 7) is 1.45. The number of methoxy groups -OCH3 is 2. The molecule has 0 fully saturated rings. The van der Waals surface area contributed by atoms with Crippen LogP contribution in [0.1, 0.15) is 12.5 Å². The molecule has 1 atom stereocenters. The SMILES string of the molecule is COc1ccc(S(=O)(=O)NC[C@](C)(OC)c2ccccc2F)cc1Cl. The first kappa shape index (κ1) is 19.7. The standard InChI is InChI=1S/C17H19ClFNO4S/c1-17(24-3,13-6-4-5-7-15(13)19)11-20-25(21,22)12-8-9-16(23-2)14(18)10-12/h4-10,20H,11H2,1-3H3/t17-/m0/s1. The number of hydrogen-bond acceptors (Lipinski definition) is 4. The van der Waals surface area contributed by atoms with Crippen molar-refractivity contribution in [3.8, 4) is 5.75 Å². The van der Waals surface area contributed by atoms with E-state index < -0.39 is 21.4 Å². The predicted octanol–water partition coefficient (Wildman–Crippen LogP) is 3.33. The maximum absolute atomic E-state index is 14.1. The van der Waals surface area contributed by atoms with Gasteiger partial charge in [-0.05, 0) is 31.2 Å². The topological polar surface area (TPSA) is 64.6 Å². The second-order valence-corrected chi connectivity index (χ2v) is 7.71. The monoisotopic (exact) mass is 387 g/mol. The quantitative estimate of drug-likeness (QED) is 0.791. The van der Waals surface area contributed by atoms with Crippen LogP contribution in [0.25, 0.3) is 0 Å². The molecule has 25 heavy (non-hydrogen) atoms. The van der Waals surface area contributed by atoms with Crippen molar-refractivity contribution in [1.29, 1.82) is 0 Å². The van der Waals surface area contributed by atoms with Gasteiger partial charge in [0.25, 0.3) is 0 Å². The molecule has 0 saturated heterocycles. The van der Waals surface area contributed by atoms with Gasteiger partial charge in [0.1, 0.15) is 17.2 Å². The molecule has 2 aromatic carbocycles. The highest BCUT2D eigenvalue weighted by Gasteiger charge is 2.31. The van der Waals surface area contributed by atoms with E-state index in [2.05, 4.69) is 4.72 Å². The van der Waals surface area contributed by atoms with E-state index in [1.165, 1.54) is 38.5 Å². The van der Waals surface area contributed by atoms with Crippen LogP contribution in [-0.2, 0) is 20.4 Å². The van der Waals surface area contributed by atoms with Crippen LogP contribution in [0, 0.1) is 5.82 Å². The average molecular weight is 388 g/mol. The first-order valence-electron chi connectivity index (χ1n) is 7.37. The number of hydrogen-bond donors (Lipinski definition) is 1. The number of ether oxygens (including phenoxy) is 2. The first-order valence-corrected chi connectivity index (χ1v) is 9.23. The van der Waals surface area contributed by atoms with E-state index in [1.54, 1.807) is 25.1 Å². The molecule has 5 nitrogen and oxygen atoms in total. The lowest BCUT2D eigenvalue weighted by Gasteiger charge is -2.29. The lowest BCUT2D eigenvalue weighted by atomic mass is 9.95. The molecule has 0 spiro atoms. The smallest absolute Gasteiger partial charge is 0.240 e. The summed E-state index contributed by atoms with van der Waals surface area (Å²) in [6.07, 6.45) is 0. The fourth-order valence-electron chi connectivity index (χ4n) is 2.30. The van der Waals surface area contributed by atoms with Gasteiger partial charge < -0.3 is 9.47 Å². The first-order chi connectivity index (χ1) is 11.7. The Labute approximate surface area is 151 Å². The zero-order chi connectivity index (χ0) is 18.7. The van der Waals surface area contributed by atoms with Crippen LogP contribution in [0.4, 0.5) is 4.39 Å². The summed E-state index contributed by atoms with van der Waals surface area (Å²) in [6, 6.07) is 10.2. The summed E-state index contributed by atoms with van der Waals surface area (Å²) in [5.74, 6) is -0.104. The largest absolute Gasteiger partial charge is 0.495 e. The predicted molar refractivity (Wildman–Crippen MR) is 94.0 cm³/mol. The molecule has 8 heteroatoms. The maximum Gasteiger partial charge on any atom is 0.240 e. The molecule has 2 rings (SSSR count). The molecule has 2 aromatic rings. The summed E-state index contributed by atoms with van der Waals surface area (Å²) in [7, 11) is -1.03. The molecular weight excluding hydrogens is 369 g/mol. The Kier molecular flexibility index (Phi) is 6.05. The van der Waals surface area contributed by atoms with Gasteiger partial charge >= 0.3 is 0 Å². The van der Waals surface area contributed by atoms with Crippen molar-refractivity contribution >= 4 is 21.6 Å². The Hall–Kier alpha value is -1.67. The number of sulfonamides is 1. The molecule has 0 aliphatic rings. The highest BCUT2D eigenvalue weighted by molar-refractivity contribution is 7.89. The molecule has 0 radical (unpaired) electrons. The van der Waals surface area contributed by atoms with Crippen LogP contribution in [-0.4, -0.2) is 29.2 Å². The molecule has 0 aromatic heterocycles. The van der Waals surface area contributed by atoms with E-state index in [4.69, 9.17) is 21.1 Å². The fourth-order valence-corrected chi connectivity index (χ4v) is 3.77. The summed E-state index contributed by atoms with van der Waals surface area (Å²) in [5.41, 5.74) is -0.915. The summed E-state index contributed by atoms with van der Waals surface area (Å²) in [5, 5.41) is 0.175. The fraction of sp³-hybridized carbons (Fsp3) is 0.294. The molecule has 0 amide bonds. The molecule has 0 heterocycles. The minimum atomic E-state index is -3.86. The van der Waals surface area contributed by atoms with E-state index in [0.29, 0.717) is 5.75 Å². The summed E-state index contributed by atoms with van der Waals surface area (Å²) < 4.78 is 51.9. The molecule has 0 unspecified atom stereocenters. The van der Waals surface area contributed by atoms with Crippen molar-refractivity contribution in [2.75, 3.05) is 20.8 Å². The van der Waals surface area contributed by atoms with E-state index in [0.717, 1.165) is 0 Å². The van der Waals surface area contributed by atoms with Crippen molar-refractivity contribution in [3.05, 3.63) is 58.9 Å². The van der Waals surface area contributed by atoms with Crippen LogP contribution in [0.5, 0.6) is 5.75 Å². The van der Waals surface area contributed by atoms with E-state index in [9.17, 15) is 12.8 Å². The van der Waals surface area contributed by atoms with E-state index in [-0.39, 0.29) is 22.0 Å². The second kappa shape index (κ2) is 7.70. The van der Waals surface area contributed by atoms with Gasteiger partial charge in [0, 0.05) is 19.2 Å². The van der Waals surface area contributed by atoms with Crippen LogP contribution >= 0.6 is 11.6 Å². The van der Waals surface area contributed by atoms with E-state index in [1.807, 2.05) is 0 Å². The van der Waals surface area contributed by atoms with Crippen molar-refractivity contribution in [3.63, 3.8) is 0 Å². The average Bonchev–Trinajstić information content (AvgIpc) is 2.60. The number of benzene rings is 2. The molecule has 0 aliphatic heterocycles. The van der Waals surface area contributed by atoms with Crippen molar-refractivity contribution in [2.45, 2.75) is 17.4 Å². The summed E-state index contributed by atoms with van der Waals surface area (Å²) >= 11 is 5.98. The van der Waals surface area contributed by atoms with Gasteiger partial charge in [-0.3, -0.25) is 0 Å². The van der Waals surface area contributed by atoms with E-state index >= 15 is 0 Å². The maximum atomic E-state index is 14.1. The van der Waals surface area contributed by atoms with Gasteiger partial charge in [-0.1, -0.05) is 29.8 Å². The van der Waals surface area contributed by atoms with Gasteiger partial charge in [-0.15, -0.1) is 0 Å². The Balaban J connectivity index is 2.26. The minimum Gasteiger partial charge on any atom is -0.495 e. The minimum absolute atomic E-state index is 0.0229. The lowest BCUT2D eigenvalue weighted by Crippen LogP contribution is -2.40. The third kappa shape index (κ3) is 4.30. The zero-order valence-electron chi connectivity index (χ0n) is 14.0. The van der Waals surface area contributed by atoms with Gasteiger partial charge in [0.2, 0.25) is 10.0 Å². The van der Waals surface area contributed by atoms with Gasteiger partial charge in [0.15, 0.2) is 0 Å². The Morgan fingerprint density at radius 1 is 1.20 bits per heavy atom. The second-order valence-electron chi connectivity index (χ2n) is 5.54. The van der Waals surface area contributed by atoms with Crippen LogP contribution in [0.3, 0.4) is 0 Å². The molecule has 0 saturated carbocycles. The Bertz CT molecular complexity index is 859. The van der Waals surface area contributed by atoms with Gasteiger partial charge in [0.05, 0.1) is 17.0 Å². The molecule has 0 bridgehead atoms. The van der Waals surface area contributed by atoms with Crippen molar-refractivity contribution in [1.82, 2.24) is 4.72 Å². The molecular formula is C17H19ClFNO4S. The van der Waals surface area contributed by atoms with Crippen LogP contribution < -0.4 is 9.46 Å². The number of rotatable bonds is 7. The number of nitrogens with one attached hydrogen (secondary N) is 1. The van der Waals surface area contributed by atoms with Crippen molar-refractivity contribution < 1.29 is 22.3 Å². The van der Waals surface area contributed by atoms with Crippen LogP contribution in [0.2, 0.25) is 5.02 Å². The Morgan fingerprint density at radius 3 is 2.44 bits per heavy atom. The van der Waals surface area contributed by atoms with Crippen LogP contribution in [0.15, 0.2) is 47.4 Å². The number of halogens is 2. The van der Waals surface area contributed by atoms with Gasteiger partial charge in [-0.2, -0.15) is 0 Å². The molecule has 1 N–H and O–H groups in total. The Morgan fingerprint density at radius 2 is 1.88 bits per heavy atom. The van der Waals surface area contributed by atoms with Crippen molar-refractivity contribution in [2.24, 2.45) is 0 Å². The molecule has 0 aliphatic carbocycles. The molecule has 136 valence electrons. The third-order valence-corrected chi connectivity index (χ3v) is 5.62. The highest BCUT2D eigenvalue weighted by atomic mass is 35.5. The lowest BCUT2D eigenvalue weighted by molar-refractivity contribution is 0.00410.